The zero-order chi connectivity index (χ0) is 21.1. The molecule has 1 amide bonds. The van der Waals surface area contributed by atoms with Gasteiger partial charge in [-0.05, 0) is 55.9 Å². The number of halogens is 6. The zero-order valence-electron chi connectivity index (χ0n) is 14.6. The average molecular weight is 470 g/mol. The number of aliphatic hydroxyl groups is 2. The highest BCUT2D eigenvalue weighted by atomic mass is 79.9. The summed E-state index contributed by atoms with van der Waals surface area (Å²) in [5, 5.41) is 23.3. The Morgan fingerprint density at radius 2 is 1.68 bits per heavy atom. The standard InChI is InChI=1S/C18H17BrF5NO3/c1-9-2-3-10(19)8-11(9)12-13(26)15(25-14(12)27)4-6-16(28,7-5-15)17(20,21)18(22,23)24/h2-3,8,26,28H,4-7H2,1H3,(H,25,27)/t15-,16-. The molecule has 154 valence electrons. The SMILES string of the molecule is Cc1ccc(Br)cc1C1=C(O)[C@]2(CC[C@](O)(C(F)(F)C(F)(F)F)CC2)NC1=O. The number of carbonyl (C=O) groups is 1. The van der Waals surface area contributed by atoms with E-state index < -0.39 is 60.6 Å². The number of amides is 1. The number of hydrogen-bond donors (Lipinski definition) is 3. The maximum atomic E-state index is 13.7. The molecule has 28 heavy (non-hydrogen) atoms. The highest BCUT2D eigenvalue weighted by Crippen LogP contribution is 2.53. The van der Waals surface area contributed by atoms with E-state index >= 15 is 0 Å². The third kappa shape index (κ3) is 3.01. The van der Waals surface area contributed by atoms with Gasteiger partial charge in [0.05, 0.1) is 11.1 Å². The van der Waals surface area contributed by atoms with Gasteiger partial charge in [-0.2, -0.15) is 22.0 Å². The summed E-state index contributed by atoms with van der Waals surface area (Å²) in [6.07, 6.45) is -8.68. The minimum atomic E-state index is -5.90. The molecule has 2 aliphatic rings. The van der Waals surface area contributed by atoms with Crippen molar-refractivity contribution in [2.45, 2.75) is 55.8 Å². The first-order valence-electron chi connectivity index (χ1n) is 8.44. The summed E-state index contributed by atoms with van der Waals surface area (Å²) < 4.78 is 66.2. The highest BCUT2D eigenvalue weighted by molar-refractivity contribution is 9.10. The van der Waals surface area contributed by atoms with E-state index in [2.05, 4.69) is 21.2 Å². The Morgan fingerprint density at radius 1 is 1.11 bits per heavy atom. The van der Waals surface area contributed by atoms with E-state index in [1.165, 1.54) is 0 Å². The van der Waals surface area contributed by atoms with Crippen LogP contribution in [0.1, 0.15) is 36.8 Å². The number of aryl methyl sites for hydroxylation is 1. The molecule has 1 aliphatic heterocycles. The Morgan fingerprint density at radius 3 is 2.21 bits per heavy atom. The smallest absolute Gasteiger partial charge is 0.456 e. The van der Waals surface area contributed by atoms with E-state index in [1.807, 2.05) is 0 Å². The molecule has 1 aromatic rings. The van der Waals surface area contributed by atoms with Gasteiger partial charge in [-0.1, -0.05) is 22.0 Å². The largest absolute Gasteiger partial charge is 0.509 e. The zero-order valence-corrected chi connectivity index (χ0v) is 16.2. The van der Waals surface area contributed by atoms with E-state index in [1.54, 1.807) is 25.1 Å². The second-order valence-corrected chi connectivity index (χ2v) is 8.24. The maximum Gasteiger partial charge on any atom is 0.456 e. The third-order valence-corrected chi connectivity index (χ3v) is 6.10. The lowest BCUT2D eigenvalue weighted by atomic mass is 9.70. The molecule has 1 fully saturated rings. The van der Waals surface area contributed by atoms with Gasteiger partial charge in [-0.25, -0.2) is 0 Å². The van der Waals surface area contributed by atoms with E-state index in [9.17, 15) is 37.0 Å². The number of hydrogen-bond acceptors (Lipinski definition) is 3. The molecule has 0 atom stereocenters. The number of nitrogens with one attached hydrogen (secondary N) is 1. The first-order chi connectivity index (χ1) is 12.7. The van der Waals surface area contributed by atoms with Crippen LogP contribution < -0.4 is 5.32 Å². The fraction of sp³-hybridized carbons (Fsp3) is 0.500. The van der Waals surface area contributed by atoms with E-state index in [4.69, 9.17) is 0 Å². The van der Waals surface area contributed by atoms with Crippen molar-refractivity contribution in [1.82, 2.24) is 5.32 Å². The van der Waals surface area contributed by atoms with Gasteiger partial charge in [-0.15, -0.1) is 0 Å². The molecule has 0 saturated heterocycles. The Balaban J connectivity index is 1.95. The lowest BCUT2D eigenvalue weighted by molar-refractivity contribution is -0.347. The third-order valence-electron chi connectivity index (χ3n) is 5.61. The van der Waals surface area contributed by atoms with Crippen LogP contribution in [0.5, 0.6) is 0 Å². The van der Waals surface area contributed by atoms with Crippen molar-refractivity contribution in [3.63, 3.8) is 0 Å². The molecule has 1 spiro atoms. The van der Waals surface area contributed by atoms with Crippen LogP contribution >= 0.6 is 15.9 Å². The quantitative estimate of drug-likeness (QED) is 0.562. The van der Waals surface area contributed by atoms with Crippen molar-refractivity contribution >= 4 is 27.4 Å². The highest BCUT2D eigenvalue weighted by Gasteiger charge is 2.71. The predicted molar refractivity (Wildman–Crippen MR) is 93.7 cm³/mol. The summed E-state index contributed by atoms with van der Waals surface area (Å²) in [6, 6.07) is 5.05. The molecule has 0 bridgehead atoms. The monoisotopic (exact) mass is 469 g/mol. The van der Waals surface area contributed by atoms with Gasteiger partial charge in [0.15, 0.2) is 0 Å². The Hall–Kier alpha value is -1.68. The second-order valence-electron chi connectivity index (χ2n) is 7.32. The molecule has 0 unspecified atom stereocenters. The fourth-order valence-electron chi connectivity index (χ4n) is 3.83. The van der Waals surface area contributed by atoms with Crippen molar-refractivity contribution in [3.05, 3.63) is 39.6 Å². The Labute approximate surface area is 165 Å². The van der Waals surface area contributed by atoms with Gasteiger partial charge in [0.25, 0.3) is 5.91 Å². The van der Waals surface area contributed by atoms with Gasteiger partial charge in [0.2, 0.25) is 0 Å². The number of carbonyl (C=O) groups excluding carboxylic acids is 1. The van der Waals surface area contributed by atoms with Crippen LogP contribution in [-0.4, -0.2) is 39.4 Å². The molecule has 10 heteroatoms. The molecule has 4 nitrogen and oxygen atoms in total. The molecule has 1 aromatic carbocycles. The second kappa shape index (κ2) is 6.41. The van der Waals surface area contributed by atoms with Crippen molar-refractivity contribution < 1.29 is 37.0 Å². The van der Waals surface area contributed by atoms with Crippen LogP contribution in [0.2, 0.25) is 0 Å². The van der Waals surface area contributed by atoms with Crippen LogP contribution in [0.15, 0.2) is 28.4 Å². The number of alkyl halides is 5. The van der Waals surface area contributed by atoms with Crippen LogP contribution in [0.25, 0.3) is 5.57 Å². The van der Waals surface area contributed by atoms with Crippen molar-refractivity contribution in [3.8, 4) is 0 Å². The number of aliphatic hydroxyl groups excluding tert-OH is 1. The van der Waals surface area contributed by atoms with Crippen LogP contribution in [-0.2, 0) is 4.79 Å². The maximum absolute atomic E-state index is 13.7. The summed E-state index contributed by atoms with van der Waals surface area (Å²) >= 11 is 3.27. The summed E-state index contributed by atoms with van der Waals surface area (Å²) in [7, 11) is 0. The minimum absolute atomic E-state index is 0.0492. The molecule has 0 aromatic heterocycles. The molecular weight excluding hydrogens is 453 g/mol. The lowest BCUT2D eigenvalue weighted by Crippen LogP contribution is -2.62. The summed E-state index contributed by atoms with van der Waals surface area (Å²) in [5.41, 5.74) is -3.73. The molecule has 3 N–H and O–H groups in total. The topological polar surface area (TPSA) is 69.6 Å². The molecule has 0 radical (unpaired) electrons. The first-order valence-corrected chi connectivity index (χ1v) is 9.23. The molecule has 1 aliphatic carbocycles. The number of rotatable bonds is 2. The van der Waals surface area contributed by atoms with Crippen LogP contribution in [0, 0.1) is 6.92 Å². The van der Waals surface area contributed by atoms with Crippen molar-refractivity contribution in [2.75, 3.05) is 0 Å². The first kappa shape index (κ1) is 21.0. The fourth-order valence-corrected chi connectivity index (χ4v) is 4.19. The lowest BCUT2D eigenvalue weighted by Gasteiger charge is -2.45. The molecular formula is C18H17BrF5NO3. The molecule has 1 saturated carbocycles. The number of benzene rings is 1. The van der Waals surface area contributed by atoms with Crippen molar-refractivity contribution in [1.29, 1.82) is 0 Å². The van der Waals surface area contributed by atoms with Gasteiger partial charge in [0.1, 0.15) is 11.4 Å². The average Bonchev–Trinajstić information content (AvgIpc) is 2.82. The summed E-state index contributed by atoms with van der Waals surface area (Å²) in [4.78, 5) is 12.5. The Kier molecular flexibility index (Phi) is 4.82. The predicted octanol–water partition coefficient (Wildman–Crippen LogP) is 4.40. The van der Waals surface area contributed by atoms with Gasteiger partial charge in [-0.3, -0.25) is 4.79 Å². The van der Waals surface area contributed by atoms with Gasteiger partial charge in [0, 0.05) is 4.47 Å². The normalized spacial score (nSPS) is 28.8. The van der Waals surface area contributed by atoms with Crippen LogP contribution in [0.3, 0.4) is 0 Å². The van der Waals surface area contributed by atoms with Crippen LogP contribution in [0.4, 0.5) is 22.0 Å². The van der Waals surface area contributed by atoms with Gasteiger partial charge >= 0.3 is 12.1 Å². The van der Waals surface area contributed by atoms with E-state index in [0.29, 0.717) is 15.6 Å². The summed E-state index contributed by atoms with van der Waals surface area (Å²) in [5.74, 6) is -6.35. The van der Waals surface area contributed by atoms with E-state index in [-0.39, 0.29) is 5.57 Å². The summed E-state index contributed by atoms with van der Waals surface area (Å²) in [6.45, 7) is 1.71. The minimum Gasteiger partial charge on any atom is -0.509 e. The van der Waals surface area contributed by atoms with Crippen molar-refractivity contribution in [2.24, 2.45) is 0 Å². The Bertz CT molecular complexity index is 857. The molecule has 1 heterocycles. The van der Waals surface area contributed by atoms with E-state index in [0.717, 1.165) is 0 Å². The van der Waals surface area contributed by atoms with Gasteiger partial charge < -0.3 is 15.5 Å². The molecule has 3 rings (SSSR count).